The lowest BCUT2D eigenvalue weighted by Crippen LogP contribution is -2.10. The molecule has 8 aromatic rings. The Morgan fingerprint density at radius 1 is 0.682 bits per heavy atom. The van der Waals surface area contributed by atoms with Crippen LogP contribution in [-0.2, 0) is 6.42 Å². The van der Waals surface area contributed by atoms with Crippen molar-refractivity contribution in [1.82, 2.24) is 4.57 Å². The summed E-state index contributed by atoms with van der Waals surface area (Å²) < 4.78 is 15.0. The number of hydrogen-bond donors (Lipinski definition) is 0. The van der Waals surface area contributed by atoms with Crippen LogP contribution >= 0.6 is 0 Å². The summed E-state index contributed by atoms with van der Waals surface area (Å²) in [7, 11) is 0. The van der Waals surface area contributed by atoms with Crippen LogP contribution in [0.5, 0.6) is 0 Å². The van der Waals surface area contributed by atoms with Gasteiger partial charge in [-0.3, -0.25) is 0 Å². The van der Waals surface area contributed by atoms with Gasteiger partial charge in [-0.2, -0.15) is 10.5 Å². The van der Waals surface area contributed by atoms with Crippen LogP contribution in [-0.4, -0.2) is 4.57 Å². The number of nitrogens with zero attached hydrogens (tertiary/aromatic N) is 3. The standard InChI is InChI=1S/C39H23N3O2/c1-22-16-37-30(39-36(44-37)15-14-35-38(39)29-17-23(20-40)11-13-34(29)43-35)19-28(22)27-12-10-24(21-41)18-33(27)42-31-8-4-2-6-25(31)26-7-3-5-9-32(26)42/h2-15,17-19,22H,16H2,1H3. The van der Waals surface area contributed by atoms with Gasteiger partial charge in [0.25, 0.3) is 0 Å². The van der Waals surface area contributed by atoms with E-state index in [9.17, 15) is 10.5 Å². The van der Waals surface area contributed by atoms with Crippen molar-refractivity contribution in [3.8, 4) is 17.8 Å². The van der Waals surface area contributed by atoms with Gasteiger partial charge in [-0.1, -0.05) is 49.4 Å². The normalized spacial score (nSPS) is 14.7. The summed E-state index contributed by atoms with van der Waals surface area (Å²) in [6, 6.07) is 37.0. The van der Waals surface area contributed by atoms with E-state index < -0.39 is 0 Å². The van der Waals surface area contributed by atoms with Gasteiger partial charge in [0.15, 0.2) is 0 Å². The molecule has 9 rings (SSSR count). The van der Waals surface area contributed by atoms with Gasteiger partial charge >= 0.3 is 0 Å². The van der Waals surface area contributed by atoms with E-state index >= 15 is 0 Å². The quantitative estimate of drug-likeness (QED) is 0.209. The Labute approximate surface area is 252 Å². The number of nitriles is 2. The highest BCUT2D eigenvalue weighted by atomic mass is 16.3. The van der Waals surface area contributed by atoms with Gasteiger partial charge in [-0.05, 0) is 72.2 Å². The lowest BCUT2D eigenvalue weighted by molar-refractivity contribution is 0.518. The first-order valence-electron chi connectivity index (χ1n) is 14.7. The molecule has 0 saturated heterocycles. The van der Waals surface area contributed by atoms with Crippen LogP contribution in [0.25, 0.3) is 72.1 Å². The molecule has 0 radical (unpaired) electrons. The smallest absolute Gasteiger partial charge is 0.136 e. The molecule has 0 bridgehead atoms. The molecule has 0 N–H and O–H groups in total. The minimum Gasteiger partial charge on any atom is -0.460 e. The van der Waals surface area contributed by atoms with Crippen LogP contribution in [0.1, 0.15) is 34.9 Å². The molecule has 1 unspecified atom stereocenters. The third kappa shape index (κ3) is 3.33. The molecule has 5 aromatic carbocycles. The summed E-state index contributed by atoms with van der Waals surface area (Å²) in [6.45, 7) is 2.23. The van der Waals surface area contributed by atoms with Crippen molar-refractivity contribution in [2.45, 2.75) is 13.3 Å². The zero-order chi connectivity index (χ0) is 29.5. The maximum atomic E-state index is 9.95. The Morgan fingerprint density at radius 3 is 2.05 bits per heavy atom. The van der Waals surface area contributed by atoms with Crippen LogP contribution in [0, 0.1) is 28.6 Å². The molecule has 0 spiro atoms. The fourth-order valence-corrected chi connectivity index (χ4v) is 7.14. The minimum atomic E-state index is 0.171. The first kappa shape index (κ1) is 24.5. The van der Waals surface area contributed by atoms with Crippen molar-refractivity contribution >= 4 is 66.4 Å². The van der Waals surface area contributed by atoms with E-state index in [-0.39, 0.29) is 5.92 Å². The first-order valence-corrected chi connectivity index (χ1v) is 14.7. The summed E-state index contributed by atoms with van der Waals surface area (Å²) >= 11 is 0. The van der Waals surface area contributed by atoms with Crippen molar-refractivity contribution < 1.29 is 8.83 Å². The fourth-order valence-electron chi connectivity index (χ4n) is 7.14. The number of fused-ring (bicyclic) bond motifs is 10. The largest absolute Gasteiger partial charge is 0.460 e. The number of benzene rings is 5. The van der Waals surface area contributed by atoms with Gasteiger partial charge < -0.3 is 13.4 Å². The molecule has 5 heteroatoms. The van der Waals surface area contributed by atoms with E-state index in [4.69, 9.17) is 8.83 Å². The maximum absolute atomic E-state index is 9.95. The van der Waals surface area contributed by atoms with Crippen molar-refractivity contribution in [3.63, 3.8) is 0 Å². The number of aromatic nitrogens is 1. The third-order valence-electron chi connectivity index (χ3n) is 9.11. The zero-order valence-corrected chi connectivity index (χ0v) is 23.8. The van der Waals surface area contributed by atoms with Crippen molar-refractivity contribution in [2.24, 2.45) is 5.92 Å². The summed E-state index contributed by atoms with van der Waals surface area (Å²) in [5.74, 6) is 1.12. The first-order chi connectivity index (χ1) is 21.6. The molecular formula is C39H23N3O2. The molecule has 0 amide bonds. The fraction of sp³-hybridized carbons (Fsp3) is 0.0769. The molecule has 1 atom stereocenters. The van der Waals surface area contributed by atoms with Crippen LogP contribution in [0.3, 0.4) is 0 Å². The summed E-state index contributed by atoms with van der Waals surface area (Å²) in [5.41, 5.74) is 10.0. The van der Waals surface area contributed by atoms with Crippen molar-refractivity contribution in [3.05, 3.63) is 125 Å². The lowest BCUT2D eigenvalue weighted by Gasteiger charge is -2.24. The van der Waals surface area contributed by atoms with Crippen molar-refractivity contribution in [1.29, 1.82) is 10.5 Å². The Hall–Kier alpha value is -6.04. The second kappa shape index (κ2) is 8.98. The SMILES string of the molecule is CC1Cc2oc3ccc4oc5ccc(C#N)cc5c4c3c2C=C1c1ccc(C#N)cc1-n1c2ccccc2c2ccccc21. The number of furan rings is 2. The van der Waals surface area contributed by atoms with Crippen LogP contribution in [0.4, 0.5) is 0 Å². The Balaban J connectivity index is 1.35. The van der Waals surface area contributed by atoms with Crippen molar-refractivity contribution in [2.75, 3.05) is 0 Å². The van der Waals surface area contributed by atoms with Gasteiger partial charge in [-0.25, -0.2) is 0 Å². The number of rotatable bonds is 2. The second-order valence-corrected chi connectivity index (χ2v) is 11.6. The van der Waals surface area contributed by atoms with E-state index in [0.717, 1.165) is 72.9 Å². The molecule has 0 fully saturated rings. The van der Waals surface area contributed by atoms with Gasteiger partial charge in [0.05, 0.1) is 40.0 Å². The lowest BCUT2D eigenvalue weighted by atomic mass is 9.82. The van der Waals surface area contributed by atoms with Crippen LogP contribution in [0.15, 0.2) is 106 Å². The Morgan fingerprint density at radius 2 is 1.32 bits per heavy atom. The highest BCUT2D eigenvalue weighted by molar-refractivity contribution is 6.21. The summed E-state index contributed by atoms with van der Waals surface area (Å²) in [5, 5.41) is 24.8. The molecule has 44 heavy (non-hydrogen) atoms. The molecule has 3 aromatic heterocycles. The van der Waals surface area contributed by atoms with Gasteiger partial charge in [0.1, 0.15) is 22.5 Å². The average Bonchev–Trinajstić information content (AvgIpc) is 3.72. The van der Waals surface area contributed by atoms with Crippen LogP contribution < -0.4 is 0 Å². The second-order valence-electron chi connectivity index (χ2n) is 11.6. The number of para-hydroxylation sites is 2. The summed E-state index contributed by atoms with van der Waals surface area (Å²) in [4.78, 5) is 0. The van der Waals surface area contributed by atoms with E-state index in [2.05, 4.69) is 84.3 Å². The maximum Gasteiger partial charge on any atom is 0.136 e. The highest BCUT2D eigenvalue weighted by Crippen LogP contribution is 2.46. The van der Waals surface area contributed by atoms with E-state index in [1.807, 2.05) is 36.4 Å². The molecule has 3 heterocycles. The average molecular weight is 566 g/mol. The van der Waals surface area contributed by atoms with Gasteiger partial charge in [0.2, 0.25) is 0 Å². The number of hydrogen-bond acceptors (Lipinski definition) is 4. The highest BCUT2D eigenvalue weighted by Gasteiger charge is 2.28. The molecule has 1 aliphatic carbocycles. The zero-order valence-electron chi connectivity index (χ0n) is 23.8. The monoisotopic (exact) mass is 565 g/mol. The van der Waals surface area contributed by atoms with Gasteiger partial charge in [0, 0.05) is 44.5 Å². The van der Waals surface area contributed by atoms with E-state index in [1.165, 1.54) is 16.3 Å². The summed E-state index contributed by atoms with van der Waals surface area (Å²) in [6.07, 6.45) is 3.00. The molecule has 0 aliphatic heterocycles. The Bertz CT molecular complexity index is 2580. The molecule has 1 aliphatic rings. The minimum absolute atomic E-state index is 0.171. The predicted octanol–water partition coefficient (Wildman–Crippen LogP) is 9.91. The van der Waals surface area contributed by atoms with Crippen LogP contribution in [0.2, 0.25) is 0 Å². The topological polar surface area (TPSA) is 78.8 Å². The van der Waals surface area contributed by atoms with E-state index in [1.54, 1.807) is 6.07 Å². The third-order valence-corrected chi connectivity index (χ3v) is 9.11. The number of allylic oxidation sites excluding steroid dienone is 1. The Kier molecular flexibility index (Phi) is 5.01. The molecular weight excluding hydrogens is 542 g/mol. The molecule has 206 valence electrons. The predicted molar refractivity (Wildman–Crippen MR) is 174 cm³/mol. The van der Waals surface area contributed by atoms with Gasteiger partial charge in [-0.15, -0.1) is 0 Å². The van der Waals surface area contributed by atoms with E-state index in [0.29, 0.717) is 11.1 Å². The molecule has 5 nitrogen and oxygen atoms in total. The molecule has 0 saturated carbocycles.